The molecule has 0 bridgehead atoms. The lowest BCUT2D eigenvalue weighted by molar-refractivity contribution is -0.386. The number of anilines is 1. The second-order valence-corrected chi connectivity index (χ2v) is 6.01. The van der Waals surface area contributed by atoms with E-state index >= 15 is 0 Å². The summed E-state index contributed by atoms with van der Waals surface area (Å²) in [6.07, 6.45) is 1.90. The van der Waals surface area contributed by atoms with Crippen molar-refractivity contribution in [2.45, 2.75) is 32.7 Å². The molecule has 2 aromatic rings. The Hall–Kier alpha value is -2.37. The van der Waals surface area contributed by atoms with E-state index in [0.717, 1.165) is 12.8 Å². The molecule has 3 rings (SSSR count). The Morgan fingerprint density at radius 2 is 2.05 bits per heavy atom. The van der Waals surface area contributed by atoms with Crippen molar-refractivity contribution in [3.8, 4) is 0 Å². The molecule has 0 N–H and O–H groups in total. The monoisotopic (exact) mass is 302 g/mol. The van der Waals surface area contributed by atoms with E-state index in [0.29, 0.717) is 29.1 Å². The lowest BCUT2D eigenvalue weighted by Gasteiger charge is -2.38. The minimum atomic E-state index is -0.885. The van der Waals surface area contributed by atoms with Crippen LogP contribution in [0.3, 0.4) is 0 Å². The first-order valence-corrected chi connectivity index (χ1v) is 7.46. The Morgan fingerprint density at radius 3 is 2.73 bits per heavy atom. The van der Waals surface area contributed by atoms with Gasteiger partial charge in [-0.1, -0.05) is 19.1 Å². The molecular formula is C16H18N2O4. The minimum absolute atomic E-state index is 0.146. The smallest absolute Gasteiger partial charge is 0.417 e. The number of para-hydroxylation sites is 1. The van der Waals surface area contributed by atoms with Crippen molar-refractivity contribution in [1.82, 2.24) is 0 Å². The summed E-state index contributed by atoms with van der Waals surface area (Å²) >= 11 is 0. The number of fused-ring (bicyclic) bond motifs is 1. The minimum Gasteiger partial charge on any atom is -0.418 e. The molecule has 0 unspecified atom stereocenters. The highest BCUT2D eigenvalue weighted by Gasteiger charge is 2.33. The van der Waals surface area contributed by atoms with E-state index in [-0.39, 0.29) is 6.04 Å². The van der Waals surface area contributed by atoms with Crippen LogP contribution in [0.4, 0.5) is 11.4 Å². The molecule has 6 nitrogen and oxygen atoms in total. The normalized spacial score (nSPS) is 22.0. The maximum absolute atomic E-state index is 12.1. The van der Waals surface area contributed by atoms with Gasteiger partial charge in [0.25, 0.3) is 0 Å². The molecule has 0 spiro atoms. The third-order valence-electron chi connectivity index (χ3n) is 4.37. The second-order valence-electron chi connectivity index (χ2n) is 6.01. The molecule has 116 valence electrons. The molecule has 1 aromatic heterocycles. The fraction of sp³-hybridized carbons (Fsp3) is 0.438. The zero-order valence-electron chi connectivity index (χ0n) is 12.6. The van der Waals surface area contributed by atoms with Crippen molar-refractivity contribution < 1.29 is 9.34 Å². The van der Waals surface area contributed by atoms with Crippen LogP contribution in [0.2, 0.25) is 0 Å². The summed E-state index contributed by atoms with van der Waals surface area (Å²) in [7, 11) is 0. The van der Waals surface area contributed by atoms with E-state index in [1.807, 2.05) is 11.8 Å². The average molecular weight is 302 g/mol. The van der Waals surface area contributed by atoms with Crippen LogP contribution in [0.25, 0.3) is 11.0 Å². The summed E-state index contributed by atoms with van der Waals surface area (Å²) in [5.74, 6) is 0.580. The topological polar surface area (TPSA) is 76.6 Å². The summed E-state index contributed by atoms with van der Waals surface area (Å²) in [6.45, 7) is 4.93. The van der Waals surface area contributed by atoms with Crippen LogP contribution in [-0.4, -0.2) is 17.5 Å². The number of rotatable bonds is 2. The van der Waals surface area contributed by atoms with Gasteiger partial charge in [0.1, 0.15) is 11.3 Å². The molecule has 2 atom stereocenters. The molecule has 1 aliphatic heterocycles. The van der Waals surface area contributed by atoms with Crippen molar-refractivity contribution >= 4 is 22.3 Å². The Morgan fingerprint density at radius 1 is 1.32 bits per heavy atom. The van der Waals surface area contributed by atoms with Crippen molar-refractivity contribution in [2.75, 3.05) is 11.4 Å². The van der Waals surface area contributed by atoms with Crippen molar-refractivity contribution in [3.05, 3.63) is 44.8 Å². The van der Waals surface area contributed by atoms with Gasteiger partial charge in [-0.05, 0) is 37.8 Å². The van der Waals surface area contributed by atoms with Crippen LogP contribution < -0.4 is 10.5 Å². The molecule has 1 aliphatic rings. The third kappa shape index (κ3) is 2.34. The van der Waals surface area contributed by atoms with Crippen LogP contribution in [0, 0.1) is 16.0 Å². The predicted molar refractivity (Wildman–Crippen MR) is 84.3 cm³/mol. The predicted octanol–water partition coefficient (Wildman–Crippen LogP) is 3.33. The van der Waals surface area contributed by atoms with E-state index in [2.05, 4.69) is 6.92 Å². The van der Waals surface area contributed by atoms with E-state index in [1.165, 1.54) is 0 Å². The van der Waals surface area contributed by atoms with Gasteiger partial charge in [-0.3, -0.25) is 10.1 Å². The molecule has 2 heterocycles. The van der Waals surface area contributed by atoms with E-state index < -0.39 is 16.2 Å². The van der Waals surface area contributed by atoms with E-state index in [1.54, 1.807) is 24.3 Å². The first-order chi connectivity index (χ1) is 10.5. The molecule has 22 heavy (non-hydrogen) atoms. The van der Waals surface area contributed by atoms with Gasteiger partial charge in [0.15, 0.2) is 0 Å². The molecule has 0 radical (unpaired) electrons. The fourth-order valence-corrected chi connectivity index (χ4v) is 3.31. The number of nitro groups is 1. The van der Waals surface area contributed by atoms with Crippen LogP contribution in [0.15, 0.2) is 33.5 Å². The van der Waals surface area contributed by atoms with Crippen LogP contribution in [-0.2, 0) is 0 Å². The lowest BCUT2D eigenvalue weighted by atomic mass is 9.92. The number of hydrogen-bond acceptors (Lipinski definition) is 5. The highest BCUT2D eigenvalue weighted by Crippen LogP contribution is 2.37. The maximum Gasteiger partial charge on any atom is 0.417 e. The Balaban J connectivity index is 2.28. The highest BCUT2D eigenvalue weighted by molar-refractivity contribution is 5.95. The van der Waals surface area contributed by atoms with Crippen LogP contribution in [0.1, 0.15) is 26.7 Å². The van der Waals surface area contributed by atoms with Gasteiger partial charge < -0.3 is 9.32 Å². The number of benzene rings is 1. The number of hydrogen-bond donors (Lipinski definition) is 0. The van der Waals surface area contributed by atoms with Gasteiger partial charge in [-0.25, -0.2) is 4.79 Å². The fourth-order valence-electron chi connectivity index (χ4n) is 3.31. The summed E-state index contributed by atoms with van der Waals surface area (Å²) in [5, 5.41) is 12.0. The quantitative estimate of drug-likeness (QED) is 0.483. The van der Waals surface area contributed by atoms with Gasteiger partial charge in [-0.15, -0.1) is 0 Å². The Labute approximate surface area is 127 Å². The van der Waals surface area contributed by atoms with Gasteiger partial charge in [-0.2, -0.15) is 0 Å². The van der Waals surface area contributed by atoms with Crippen LogP contribution in [0.5, 0.6) is 0 Å². The molecule has 1 aromatic carbocycles. The summed E-state index contributed by atoms with van der Waals surface area (Å²) in [6, 6.07) is 7.13. The summed E-state index contributed by atoms with van der Waals surface area (Å²) in [4.78, 5) is 24.8. The number of nitrogens with zero attached hydrogens (tertiary/aromatic N) is 2. The molecule has 0 amide bonds. The molecule has 0 aliphatic carbocycles. The zero-order valence-corrected chi connectivity index (χ0v) is 12.6. The maximum atomic E-state index is 12.1. The number of piperidine rings is 1. The van der Waals surface area contributed by atoms with E-state index in [9.17, 15) is 14.9 Å². The summed E-state index contributed by atoms with van der Waals surface area (Å²) in [5.41, 5.74) is -0.556. The Kier molecular flexibility index (Phi) is 3.60. The lowest BCUT2D eigenvalue weighted by Crippen LogP contribution is -2.41. The molecular weight excluding hydrogens is 284 g/mol. The zero-order chi connectivity index (χ0) is 15.9. The van der Waals surface area contributed by atoms with Gasteiger partial charge >= 0.3 is 11.3 Å². The SMILES string of the molecule is C[C@H]1CCN(c2c([N+](=O)[O-])c(=O)oc3ccccc23)[C@H](C)C1. The molecule has 6 heteroatoms. The largest absolute Gasteiger partial charge is 0.418 e. The highest BCUT2D eigenvalue weighted by atomic mass is 16.6. The van der Waals surface area contributed by atoms with Gasteiger partial charge in [0, 0.05) is 18.0 Å². The van der Waals surface area contributed by atoms with Crippen molar-refractivity contribution in [1.29, 1.82) is 0 Å². The molecule has 0 saturated carbocycles. The Bertz CT molecular complexity index is 783. The van der Waals surface area contributed by atoms with Gasteiger partial charge in [0.05, 0.1) is 4.92 Å². The molecule has 1 saturated heterocycles. The third-order valence-corrected chi connectivity index (χ3v) is 4.37. The van der Waals surface area contributed by atoms with Crippen LogP contribution >= 0.6 is 0 Å². The standard InChI is InChI=1S/C16H18N2O4/c1-10-7-8-17(11(2)9-10)14-12-5-3-4-6-13(12)22-16(19)15(14)18(20)21/h3-6,10-11H,7-9H2,1-2H3/t10-,11+/m0/s1. The van der Waals surface area contributed by atoms with Crippen molar-refractivity contribution in [3.63, 3.8) is 0 Å². The van der Waals surface area contributed by atoms with E-state index in [4.69, 9.17) is 4.42 Å². The first kappa shape index (κ1) is 14.6. The average Bonchev–Trinajstić information content (AvgIpc) is 2.46. The van der Waals surface area contributed by atoms with Gasteiger partial charge in [0.2, 0.25) is 0 Å². The van der Waals surface area contributed by atoms with Crippen molar-refractivity contribution in [2.24, 2.45) is 5.92 Å². The summed E-state index contributed by atoms with van der Waals surface area (Å²) < 4.78 is 5.12. The molecule has 1 fully saturated rings. The first-order valence-electron chi connectivity index (χ1n) is 7.46. The second kappa shape index (κ2) is 5.44.